The van der Waals surface area contributed by atoms with E-state index in [1.54, 1.807) is 4.90 Å². The zero-order valence-electron chi connectivity index (χ0n) is 9.42. The summed E-state index contributed by atoms with van der Waals surface area (Å²) in [7, 11) is 5.58. The summed E-state index contributed by atoms with van der Waals surface area (Å²) in [4.78, 5) is 15.4. The van der Waals surface area contributed by atoms with Gasteiger partial charge >= 0.3 is 6.03 Å². The molecule has 4 heteroatoms. The number of nitrogens with one attached hydrogen (secondary N) is 1. The Bertz CT molecular complexity index is 194. The zero-order chi connectivity index (χ0) is 10.6. The van der Waals surface area contributed by atoms with Crippen LogP contribution in [0.3, 0.4) is 0 Å². The van der Waals surface area contributed by atoms with E-state index in [1.807, 2.05) is 26.0 Å². The SMILES string of the molecule is CNCCC1CCCN1C(=O)N(C)C. The predicted octanol–water partition coefficient (Wildman–Crippen LogP) is 0.742. The number of nitrogens with zero attached hydrogens (tertiary/aromatic N) is 2. The third-order valence-electron chi connectivity index (χ3n) is 2.73. The number of urea groups is 1. The fourth-order valence-electron chi connectivity index (χ4n) is 1.96. The third-order valence-corrected chi connectivity index (χ3v) is 2.73. The van der Waals surface area contributed by atoms with E-state index >= 15 is 0 Å². The molecule has 0 saturated carbocycles. The Hall–Kier alpha value is -0.770. The van der Waals surface area contributed by atoms with Gasteiger partial charge in [-0.1, -0.05) is 0 Å². The number of amides is 2. The van der Waals surface area contributed by atoms with E-state index in [0.717, 1.165) is 32.4 Å². The van der Waals surface area contributed by atoms with E-state index in [9.17, 15) is 4.79 Å². The number of carbonyl (C=O) groups excluding carboxylic acids is 1. The van der Waals surface area contributed by atoms with Crippen LogP contribution in [0.4, 0.5) is 4.79 Å². The fraction of sp³-hybridized carbons (Fsp3) is 0.900. The van der Waals surface area contributed by atoms with Crippen molar-refractivity contribution in [2.24, 2.45) is 0 Å². The minimum Gasteiger partial charge on any atom is -0.331 e. The Kier molecular flexibility index (Phi) is 4.20. The van der Waals surface area contributed by atoms with Gasteiger partial charge in [0, 0.05) is 26.7 Å². The van der Waals surface area contributed by atoms with Gasteiger partial charge < -0.3 is 15.1 Å². The molecular weight excluding hydrogens is 178 g/mol. The molecule has 1 N–H and O–H groups in total. The van der Waals surface area contributed by atoms with Crippen molar-refractivity contribution < 1.29 is 4.79 Å². The van der Waals surface area contributed by atoms with Crippen molar-refractivity contribution in [3.63, 3.8) is 0 Å². The quantitative estimate of drug-likeness (QED) is 0.727. The van der Waals surface area contributed by atoms with Crippen LogP contribution in [-0.4, -0.2) is 56.1 Å². The highest BCUT2D eigenvalue weighted by atomic mass is 16.2. The number of rotatable bonds is 3. The number of hydrogen-bond donors (Lipinski definition) is 1. The van der Waals surface area contributed by atoms with E-state index in [2.05, 4.69) is 5.32 Å². The van der Waals surface area contributed by atoms with Crippen LogP contribution in [0.2, 0.25) is 0 Å². The molecule has 0 aliphatic carbocycles. The van der Waals surface area contributed by atoms with Gasteiger partial charge in [-0.3, -0.25) is 0 Å². The zero-order valence-corrected chi connectivity index (χ0v) is 9.42. The Morgan fingerprint density at radius 3 is 2.86 bits per heavy atom. The fourth-order valence-corrected chi connectivity index (χ4v) is 1.96. The summed E-state index contributed by atoms with van der Waals surface area (Å²) in [6, 6.07) is 0.598. The number of likely N-dealkylation sites (tertiary alicyclic amines) is 1. The Balaban J connectivity index is 2.46. The molecule has 14 heavy (non-hydrogen) atoms. The maximum absolute atomic E-state index is 11.8. The molecule has 1 fully saturated rings. The number of hydrogen-bond acceptors (Lipinski definition) is 2. The molecule has 4 nitrogen and oxygen atoms in total. The monoisotopic (exact) mass is 199 g/mol. The lowest BCUT2D eigenvalue weighted by molar-refractivity contribution is 0.163. The second-order valence-electron chi connectivity index (χ2n) is 4.06. The van der Waals surface area contributed by atoms with Crippen molar-refractivity contribution in [3.05, 3.63) is 0 Å². The molecule has 1 rings (SSSR count). The topological polar surface area (TPSA) is 35.6 Å². The summed E-state index contributed by atoms with van der Waals surface area (Å²) in [6.07, 6.45) is 3.37. The molecule has 1 atom stereocenters. The third kappa shape index (κ3) is 2.61. The first-order valence-electron chi connectivity index (χ1n) is 5.29. The molecule has 1 saturated heterocycles. The number of carbonyl (C=O) groups is 1. The molecule has 0 aromatic carbocycles. The molecule has 1 unspecified atom stereocenters. The van der Waals surface area contributed by atoms with Crippen LogP contribution in [0.25, 0.3) is 0 Å². The Morgan fingerprint density at radius 1 is 1.57 bits per heavy atom. The van der Waals surface area contributed by atoms with Gasteiger partial charge in [0.15, 0.2) is 0 Å². The first kappa shape index (κ1) is 11.3. The van der Waals surface area contributed by atoms with E-state index in [4.69, 9.17) is 0 Å². The van der Waals surface area contributed by atoms with Crippen molar-refractivity contribution in [2.75, 3.05) is 34.2 Å². The standard InChI is InChI=1S/C10H21N3O/c1-11-7-6-9-5-4-8-13(9)10(14)12(2)3/h9,11H,4-8H2,1-3H3. The average molecular weight is 199 g/mol. The van der Waals surface area contributed by atoms with Crippen molar-refractivity contribution in [2.45, 2.75) is 25.3 Å². The van der Waals surface area contributed by atoms with Crippen molar-refractivity contribution in [3.8, 4) is 0 Å². The molecule has 0 spiro atoms. The van der Waals surface area contributed by atoms with Gasteiger partial charge in [-0.25, -0.2) is 4.79 Å². The van der Waals surface area contributed by atoms with Gasteiger partial charge in [0.2, 0.25) is 0 Å². The van der Waals surface area contributed by atoms with Crippen LogP contribution in [-0.2, 0) is 0 Å². The average Bonchev–Trinajstić information content (AvgIpc) is 2.61. The molecule has 82 valence electrons. The van der Waals surface area contributed by atoms with E-state index in [0.29, 0.717) is 6.04 Å². The summed E-state index contributed by atoms with van der Waals surface area (Å²) < 4.78 is 0. The highest BCUT2D eigenvalue weighted by molar-refractivity contribution is 5.74. The molecule has 1 aliphatic heterocycles. The van der Waals surface area contributed by atoms with E-state index in [-0.39, 0.29) is 6.03 Å². The van der Waals surface area contributed by atoms with E-state index in [1.165, 1.54) is 0 Å². The second kappa shape index (κ2) is 5.20. The first-order chi connectivity index (χ1) is 6.66. The molecule has 2 amide bonds. The van der Waals surface area contributed by atoms with Gasteiger partial charge in [-0.05, 0) is 32.9 Å². The summed E-state index contributed by atoms with van der Waals surface area (Å²) in [5, 5.41) is 3.13. The Labute approximate surface area is 86.2 Å². The molecule has 0 bridgehead atoms. The molecule has 0 aromatic rings. The lowest BCUT2D eigenvalue weighted by Gasteiger charge is -2.27. The van der Waals surface area contributed by atoms with Crippen LogP contribution in [0.5, 0.6) is 0 Å². The predicted molar refractivity (Wildman–Crippen MR) is 57.4 cm³/mol. The minimum absolute atomic E-state index is 0.156. The molecule has 0 radical (unpaired) electrons. The van der Waals surface area contributed by atoms with Gasteiger partial charge in [-0.2, -0.15) is 0 Å². The molecule has 1 heterocycles. The van der Waals surface area contributed by atoms with Crippen LogP contribution in [0, 0.1) is 0 Å². The largest absolute Gasteiger partial charge is 0.331 e. The van der Waals surface area contributed by atoms with Crippen LogP contribution < -0.4 is 5.32 Å². The Morgan fingerprint density at radius 2 is 2.29 bits per heavy atom. The second-order valence-corrected chi connectivity index (χ2v) is 4.06. The lowest BCUT2D eigenvalue weighted by Crippen LogP contribution is -2.42. The molecule has 1 aliphatic rings. The maximum atomic E-state index is 11.8. The van der Waals surface area contributed by atoms with Crippen molar-refractivity contribution in [1.29, 1.82) is 0 Å². The smallest absolute Gasteiger partial charge is 0.319 e. The van der Waals surface area contributed by atoms with Gasteiger partial charge in [0.1, 0.15) is 0 Å². The first-order valence-corrected chi connectivity index (χ1v) is 5.29. The summed E-state index contributed by atoms with van der Waals surface area (Å²) in [5.74, 6) is 0. The summed E-state index contributed by atoms with van der Waals surface area (Å²) >= 11 is 0. The summed E-state index contributed by atoms with van der Waals surface area (Å²) in [5.41, 5.74) is 0. The maximum Gasteiger partial charge on any atom is 0.319 e. The molecule has 0 aromatic heterocycles. The molecular formula is C10H21N3O. The highest BCUT2D eigenvalue weighted by Crippen LogP contribution is 2.20. The summed E-state index contributed by atoms with van der Waals surface area (Å²) in [6.45, 7) is 1.91. The lowest BCUT2D eigenvalue weighted by atomic mass is 10.1. The van der Waals surface area contributed by atoms with Crippen LogP contribution in [0.1, 0.15) is 19.3 Å². The van der Waals surface area contributed by atoms with Crippen molar-refractivity contribution >= 4 is 6.03 Å². The van der Waals surface area contributed by atoms with Gasteiger partial charge in [0.25, 0.3) is 0 Å². The van der Waals surface area contributed by atoms with E-state index < -0.39 is 0 Å². The van der Waals surface area contributed by atoms with Crippen molar-refractivity contribution in [1.82, 2.24) is 15.1 Å². The normalized spacial score (nSPS) is 21.4. The minimum atomic E-state index is 0.156. The van der Waals surface area contributed by atoms with Crippen LogP contribution in [0.15, 0.2) is 0 Å². The van der Waals surface area contributed by atoms with Gasteiger partial charge in [0.05, 0.1) is 0 Å². The highest BCUT2D eigenvalue weighted by Gasteiger charge is 2.28. The van der Waals surface area contributed by atoms with Crippen LogP contribution >= 0.6 is 0 Å². The van der Waals surface area contributed by atoms with Gasteiger partial charge in [-0.15, -0.1) is 0 Å².